The molecule has 4 heterocycles. The van der Waals surface area contributed by atoms with E-state index in [2.05, 4.69) is 15.2 Å². The minimum atomic E-state index is -4.53. The Bertz CT molecular complexity index is 2700. The van der Waals surface area contributed by atoms with Gasteiger partial charge in [0.15, 0.2) is 5.65 Å². The van der Waals surface area contributed by atoms with Gasteiger partial charge in [0.05, 0.1) is 51.6 Å². The number of hydrogen-bond acceptors (Lipinski definition) is 13. The first kappa shape index (κ1) is 48.4. The number of alkyl halides is 3. The van der Waals surface area contributed by atoms with Gasteiger partial charge in [0, 0.05) is 17.1 Å². The Labute approximate surface area is 360 Å². The zero-order chi connectivity index (χ0) is 46.9. The zero-order valence-electron chi connectivity index (χ0n) is 37.1. The summed E-state index contributed by atoms with van der Waals surface area (Å²) in [5.41, 5.74) is -5.28. The smallest absolute Gasteiger partial charge is 0.281 e. The van der Waals surface area contributed by atoms with E-state index in [1.54, 1.807) is 101 Å². The van der Waals surface area contributed by atoms with Crippen molar-refractivity contribution in [1.82, 2.24) is 33.5 Å². The number of aromatic nitrogens is 7. The van der Waals surface area contributed by atoms with E-state index in [-0.39, 0.29) is 34.3 Å². The van der Waals surface area contributed by atoms with Gasteiger partial charge in [-0.3, -0.25) is 41.2 Å². The fourth-order valence-electron chi connectivity index (χ4n) is 6.67. The van der Waals surface area contributed by atoms with Crippen molar-refractivity contribution in [2.45, 2.75) is 150 Å². The fraction of sp³-hybridized carbons (Fsp3) is 0.575. The molecule has 1 saturated carbocycles. The van der Waals surface area contributed by atoms with Crippen LogP contribution in [0, 0.1) is 5.95 Å². The summed E-state index contributed by atoms with van der Waals surface area (Å²) in [6.45, 7) is 16.2. The fourth-order valence-corrected chi connectivity index (χ4v) is 10.2. The third kappa shape index (κ3) is 12.2. The van der Waals surface area contributed by atoms with E-state index in [0.29, 0.717) is 27.5 Å². The highest BCUT2D eigenvalue weighted by Crippen LogP contribution is 2.58. The molecule has 4 aromatic heterocycles. The molecule has 0 aliphatic heterocycles. The second kappa shape index (κ2) is 16.7. The van der Waals surface area contributed by atoms with Crippen LogP contribution < -0.4 is 11.2 Å². The van der Waals surface area contributed by atoms with Crippen molar-refractivity contribution in [1.29, 1.82) is 0 Å². The SMILES string of the molecule is CC(C)(C)OP(=O)(OCn1cc(-c2cc([C@H]3C[C@@H]3c3ccc4cnn(CC(F)(F)F)c4c3)c3ncc(F)n3n2)c(=O)n(COP(=O)(OC(C)(C)C)OC(C)(C)C)c1=O)OC(C)(C)C. The Morgan fingerprint density at radius 2 is 1.32 bits per heavy atom. The Balaban J connectivity index is 1.46. The highest BCUT2D eigenvalue weighted by molar-refractivity contribution is 7.48. The van der Waals surface area contributed by atoms with E-state index in [0.717, 1.165) is 26.2 Å². The normalized spacial score (nSPS) is 17.0. The lowest BCUT2D eigenvalue weighted by atomic mass is 10.0. The van der Waals surface area contributed by atoms with E-state index in [1.807, 2.05) is 0 Å². The first-order valence-corrected chi connectivity index (χ1v) is 22.9. The van der Waals surface area contributed by atoms with E-state index in [1.165, 1.54) is 12.3 Å². The summed E-state index contributed by atoms with van der Waals surface area (Å²) in [7, 11) is -8.98. The molecule has 2 atom stereocenters. The van der Waals surface area contributed by atoms with Gasteiger partial charge in [0.25, 0.3) is 5.56 Å². The van der Waals surface area contributed by atoms with Gasteiger partial charge < -0.3 is 0 Å². The second-order valence-corrected chi connectivity index (χ2v) is 22.3. The molecule has 17 nitrogen and oxygen atoms in total. The molecular weight excluding hydrogens is 876 g/mol. The maximum Gasteiger partial charge on any atom is 0.477 e. The lowest BCUT2D eigenvalue weighted by molar-refractivity contribution is -0.141. The molecule has 23 heteroatoms. The summed E-state index contributed by atoms with van der Waals surface area (Å²) in [5.74, 6) is -1.51. The minimum absolute atomic E-state index is 0.117. The van der Waals surface area contributed by atoms with Crippen LogP contribution in [0.5, 0.6) is 0 Å². The molecule has 0 spiro atoms. The van der Waals surface area contributed by atoms with Gasteiger partial charge in [0.2, 0.25) is 5.95 Å². The summed E-state index contributed by atoms with van der Waals surface area (Å²) >= 11 is 0. The molecule has 0 radical (unpaired) electrons. The summed E-state index contributed by atoms with van der Waals surface area (Å²) in [6, 6.07) is 6.59. The summed E-state index contributed by atoms with van der Waals surface area (Å²) < 4.78 is 121. The van der Waals surface area contributed by atoms with E-state index in [4.69, 9.17) is 27.1 Å². The van der Waals surface area contributed by atoms with E-state index in [9.17, 15) is 31.9 Å². The van der Waals surface area contributed by atoms with Gasteiger partial charge in [0.1, 0.15) is 20.0 Å². The number of phosphoric acid groups is 2. The lowest BCUT2D eigenvalue weighted by Crippen LogP contribution is -2.41. The maximum absolute atomic E-state index is 15.5. The summed E-state index contributed by atoms with van der Waals surface area (Å²) in [6.07, 6.45) is -0.652. The summed E-state index contributed by atoms with van der Waals surface area (Å²) in [5, 5.41) is 8.81. The minimum Gasteiger partial charge on any atom is -0.281 e. The van der Waals surface area contributed by atoms with Crippen molar-refractivity contribution in [2.24, 2.45) is 0 Å². The Morgan fingerprint density at radius 3 is 1.86 bits per heavy atom. The zero-order valence-corrected chi connectivity index (χ0v) is 38.9. The molecule has 1 aliphatic carbocycles. The van der Waals surface area contributed by atoms with Crippen LogP contribution in [0.15, 0.2) is 52.4 Å². The Kier molecular flexibility index (Phi) is 12.9. The quantitative estimate of drug-likeness (QED) is 0.0759. The van der Waals surface area contributed by atoms with Crippen LogP contribution in [-0.4, -0.2) is 62.1 Å². The van der Waals surface area contributed by atoms with Crippen LogP contribution in [0.4, 0.5) is 17.6 Å². The average Bonchev–Trinajstić information content (AvgIpc) is 3.66. The number of rotatable bonds is 14. The van der Waals surface area contributed by atoms with Gasteiger partial charge in [-0.1, -0.05) is 12.1 Å². The first-order chi connectivity index (χ1) is 28.7. The second-order valence-electron chi connectivity index (χ2n) is 19.2. The Morgan fingerprint density at radius 1 is 0.762 bits per heavy atom. The van der Waals surface area contributed by atoms with Crippen LogP contribution in [-0.2, 0) is 56.3 Å². The van der Waals surface area contributed by atoms with Crippen LogP contribution in [0.2, 0.25) is 0 Å². The standard InChI is InChI=1S/C40H53F4N7O10P2/c1-36(2,3)58-62(54,59-37(4,5)6)56-22-48-20-29(34(52)49(35(48)53)23-57-63(55,60-38(7,8)9)61-39(10,11)12)30-17-28(33-45-19-32(41)51(33)47-30)27-16-26(27)24-13-14-25-18-46-50(31(25)15-24)21-40(42,43)44/h13-15,17-20,26-27H,16,21-23H2,1-12H3/t26-,27+/m1/s1. The predicted octanol–water partition coefficient (Wildman–Crippen LogP) is 9.47. The van der Waals surface area contributed by atoms with E-state index >= 15 is 4.39 Å². The van der Waals surface area contributed by atoms with Crippen molar-refractivity contribution < 1.29 is 53.8 Å². The molecule has 0 bridgehead atoms. The third-order valence-corrected chi connectivity index (χ3v) is 12.8. The topological polar surface area (TPSA) is 182 Å². The van der Waals surface area contributed by atoms with Crippen molar-refractivity contribution in [3.05, 3.63) is 80.8 Å². The van der Waals surface area contributed by atoms with Gasteiger partial charge in [-0.05, 0) is 119 Å². The molecule has 1 aromatic carbocycles. The largest absolute Gasteiger partial charge is 0.477 e. The number of fused-ring (bicyclic) bond motifs is 2. The predicted molar refractivity (Wildman–Crippen MR) is 224 cm³/mol. The molecule has 0 amide bonds. The van der Waals surface area contributed by atoms with Crippen molar-refractivity contribution in [3.63, 3.8) is 0 Å². The van der Waals surface area contributed by atoms with Crippen molar-refractivity contribution in [3.8, 4) is 11.3 Å². The average molecular weight is 930 g/mol. The van der Waals surface area contributed by atoms with Crippen molar-refractivity contribution in [2.75, 3.05) is 0 Å². The number of nitrogens with zero attached hydrogens (tertiary/aromatic N) is 7. The van der Waals surface area contributed by atoms with Crippen LogP contribution in [0.3, 0.4) is 0 Å². The molecule has 1 aliphatic rings. The van der Waals surface area contributed by atoms with Gasteiger partial charge in [-0.15, -0.1) is 0 Å². The van der Waals surface area contributed by atoms with Crippen molar-refractivity contribution >= 4 is 32.2 Å². The highest BCUT2D eigenvalue weighted by atomic mass is 31.2. The van der Waals surface area contributed by atoms with Gasteiger partial charge in [-0.25, -0.2) is 23.5 Å². The molecule has 1 fully saturated rings. The number of phosphoric ester groups is 2. The van der Waals surface area contributed by atoms with Crippen LogP contribution in [0.25, 0.3) is 27.8 Å². The monoisotopic (exact) mass is 929 g/mol. The Hall–Kier alpha value is -4.07. The first-order valence-electron chi connectivity index (χ1n) is 19.9. The number of halogens is 4. The van der Waals surface area contributed by atoms with E-state index < -0.39 is 81.4 Å². The molecular formula is C40H53F4N7O10P2. The maximum atomic E-state index is 15.5. The molecule has 346 valence electrons. The van der Waals surface area contributed by atoms with Gasteiger partial charge in [-0.2, -0.15) is 32.3 Å². The third-order valence-electron chi connectivity index (χ3n) is 8.83. The molecule has 5 aromatic rings. The molecule has 0 saturated heterocycles. The lowest BCUT2D eigenvalue weighted by Gasteiger charge is -2.31. The number of hydrogen-bond donors (Lipinski definition) is 0. The molecule has 0 N–H and O–H groups in total. The number of benzene rings is 1. The summed E-state index contributed by atoms with van der Waals surface area (Å²) in [4.78, 5) is 32.9. The van der Waals surface area contributed by atoms with Crippen LogP contribution in [0.1, 0.15) is 112 Å². The highest BCUT2D eigenvalue weighted by Gasteiger charge is 2.43. The number of imidazole rings is 1. The van der Waals surface area contributed by atoms with Crippen LogP contribution >= 0.6 is 15.6 Å². The van der Waals surface area contributed by atoms with Gasteiger partial charge >= 0.3 is 27.5 Å². The molecule has 63 heavy (non-hydrogen) atoms. The molecule has 6 rings (SSSR count). The molecule has 0 unspecified atom stereocenters.